The maximum Gasteiger partial charge on any atom is 0.413 e. The van der Waals surface area contributed by atoms with Crippen molar-refractivity contribution in [1.82, 2.24) is 4.98 Å². The van der Waals surface area contributed by atoms with E-state index < -0.39 is 17.7 Å². The number of nitrogens with one attached hydrogen (secondary N) is 1. The van der Waals surface area contributed by atoms with Crippen LogP contribution in [0.2, 0.25) is 0 Å². The first-order valence-electron chi connectivity index (χ1n) is 6.92. The summed E-state index contributed by atoms with van der Waals surface area (Å²) in [5.41, 5.74) is 0.663. The molecule has 7 nitrogen and oxygen atoms in total. The van der Waals surface area contributed by atoms with Crippen molar-refractivity contribution in [3.8, 4) is 11.1 Å². The fourth-order valence-corrected chi connectivity index (χ4v) is 1.84. The Morgan fingerprint density at radius 2 is 1.96 bits per heavy atom. The third kappa shape index (κ3) is 4.32. The van der Waals surface area contributed by atoms with Crippen LogP contribution in [0, 0.1) is 0 Å². The van der Waals surface area contributed by atoms with E-state index in [0.29, 0.717) is 11.1 Å². The Morgan fingerprint density at radius 1 is 1.22 bits per heavy atom. The minimum Gasteiger partial charge on any atom is -0.472 e. The molecule has 122 valence electrons. The van der Waals surface area contributed by atoms with Crippen molar-refractivity contribution in [3.63, 3.8) is 0 Å². The number of carbonyl (C=O) groups excluding carboxylic acids is 2. The number of methoxy groups -OCH3 is 1. The molecule has 0 saturated carbocycles. The Labute approximate surface area is 133 Å². The number of nitrogens with zero attached hydrogens (tertiary/aromatic N) is 1. The molecule has 0 fully saturated rings. The molecule has 0 aliphatic heterocycles. The zero-order valence-corrected chi connectivity index (χ0v) is 13.4. The quantitative estimate of drug-likeness (QED) is 0.871. The second-order valence-corrected chi connectivity index (χ2v) is 5.72. The van der Waals surface area contributed by atoms with Crippen LogP contribution in [-0.4, -0.2) is 29.8 Å². The van der Waals surface area contributed by atoms with E-state index in [0.717, 1.165) is 0 Å². The SMILES string of the molecule is COC(=O)c1nc(NC(=O)OC(C)(C)C)ccc1-c1ccoc1. The van der Waals surface area contributed by atoms with Crippen LogP contribution in [0.3, 0.4) is 0 Å². The number of amides is 1. The van der Waals surface area contributed by atoms with Crippen LogP contribution in [0.1, 0.15) is 31.3 Å². The zero-order valence-electron chi connectivity index (χ0n) is 13.4. The summed E-state index contributed by atoms with van der Waals surface area (Å²) in [5, 5.41) is 2.49. The van der Waals surface area contributed by atoms with Gasteiger partial charge in [0.1, 0.15) is 11.4 Å². The lowest BCUT2D eigenvalue weighted by Gasteiger charge is -2.19. The number of anilines is 1. The van der Waals surface area contributed by atoms with Crippen LogP contribution in [0.25, 0.3) is 11.1 Å². The average molecular weight is 318 g/mol. The topological polar surface area (TPSA) is 90.7 Å². The Bertz CT molecular complexity index is 702. The van der Waals surface area contributed by atoms with E-state index in [4.69, 9.17) is 13.9 Å². The molecule has 0 spiro atoms. The highest BCUT2D eigenvalue weighted by atomic mass is 16.6. The molecule has 2 aromatic heterocycles. The average Bonchev–Trinajstić information content (AvgIpc) is 2.98. The molecule has 2 aromatic rings. The lowest BCUT2D eigenvalue weighted by atomic mass is 10.1. The van der Waals surface area contributed by atoms with Gasteiger partial charge in [0.25, 0.3) is 0 Å². The predicted molar refractivity (Wildman–Crippen MR) is 83.1 cm³/mol. The van der Waals surface area contributed by atoms with Gasteiger partial charge in [-0.1, -0.05) is 0 Å². The third-order valence-electron chi connectivity index (χ3n) is 2.74. The van der Waals surface area contributed by atoms with Crippen molar-refractivity contribution < 1.29 is 23.5 Å². The van der Waals surface area contributed by atoms with Gasteiger partial charge < -0.3 is 13.9 Å². The first-order chi connectivity index (χ1) is 10.8. The van der Waals surface area contributed by atoms with Gasteiger partial charge in [0.15, 0.2) is 5.69 Å². The maximum atomic E-state index is 11.9. The first kappa shape index (κ1) is 16.5. The molecule has 0 atom stereocenters. The lowest BCUT2D eigenvalue weighted by molar-refractivity contribution is 0.0590. The standard InChI is InChI=1S/C16H18N2O5/c1-16(2,3)23-15(20)18-12-6-5-11(10-7-8-22-9-10)13(17-12)14(19)21-4/h5-9H,1-4H3,(H,17,18,20). The Balaban J connectivity index is 2.30. The van der Waals surface area contributed by atoms with Gasteiger partial charge in [-0.15, -0.1) is 0 Å². The molecule has 23 heavy (non-hydrogen) atoms. The Morgan fingerprint density at radius 3 is 2.52 bits per heavy atom. The normalized spacial score (nSPS) is 11.0. The highest BCUT2D eigenvalue weighted by molar-refractivity contribution is 5.96. The zero-order chi connectivity index (χ0) is 17.0. The van der Waals surface area contributed by atoms with Gasteiger partial charge in [0.05, 0.1) is 19.6 Å². The summed E-state index contributed by atoms with van der Waals surface area (Å²) in [7, 11) is 1.26. The summed E-state index contributed by atoms with van der Waals surface area (Å²) < 4.78 is 14.9. The van der Waals surface area contributed by atoms with Gasteiger partial charge >= 0.3 is 12.1 Å². The molecular weight excluding hydrogens is 300 g/mol. The van der Waals surface area contributed by atoms with E-state index in [1.54, 1.807) is 39.0 Å². The highest BCUT2D eigenvalue weighted by Gasteiger charge is 2.20. The van der Waals surface area contributed by atoms with Gasteiger partial charge in [0, 0.05) is 11.1 Å². The number of rotatable bonds is 3. The van der Waals surface area contributed by atoms with Gasteiger partial charge in [-0.25, -0.2) is 14.6 Å². The van der Waals surface area contributed by atoms with Crippen molar-refractivity contribution in [2.45, 2.75) is 26.4 Å². The number of pyridine rings is 1. The molecule has 2 heterocycles. The van der Waals surface area contributed by atoms with E-state index in [-0.39, 0.29) is 11.5 Å². The molecular formula is C16H18N2O5. The second kappa shape index (κ2) is 6.51. The van der Waals surface area contributed by atoms with Crippen LogP contribution in [-0.2, 0) is 9.47 Å². The van der Waals surface area contributed by atoms with Crippen molar-refractivity contribution in [1.29, 1.82) is 0 Å². The van der Waals surface area contributed by atoms with E-state index in [2.05, 4.69) is 10.3 Å². The fourth-order valence-electron chi connectivity index (χ4n) is 1.84. The predicted octanol–water partition coefficient (Wildman–Crippen LogP) is 3.48. The lowest BCUT2D eigenvalue weighted by Crippen LogP contribution is -2.27. The first-order valence-corrected chi connectivity index (χ1v) is 6.92. The van der Waals surface area contributed by atoms with Crippen LogP contribution < -0.4 is 5.32 Å². The Hall–Kier alpha value is -2.83. The van der Waals surface area contributed by atoms with Crippen LogP contribution >= 0.6 is 0 Å². The van der Waals surface area contributed by atoms with Crippen molar-refractivity contribution in [3.05, 3.63) is 36.4 Å². The van der Waals surface area contributed by atoms with E-state index in [1.807, 2.05) is 0 Å². The monoisotopic (exact) mass is 318 g/mol. The number of esters is 1. The number of hydrogen-bond donors (Lipinski definition) is 1. The summed E-state index contributed by atoms with van der Waals surface area (Å²) in [6.45, 7) is 5.26. The highest BCUT2D eigenvalue weighted by Crippen LogP contribution is 2.25. The summed E-state index contributed by atoms with van der Waals surface area (Å²) in [6.07, 6.45) is 2.32. The maximum absolute atomic E-state index is 11.9. The third-order valence-corrected chi connectivity index (χ3v) is 2.74. The van der Waals surface area contributed by atoms with Gasteiger partial charge in [-0.3, -0.25) is 5.32 Å². The molecule has 1 N–H and O–H groups in total. The number of carbonyl (C=O) groups is 2. The number of ether oxygens (including phenoxy) is 2. The van der Waals surface area contributed by atoms with Gasteiger partial charge in [-0.05, 0) is 39.0 Å². The molecule has 0 aliphatic rings. The van der Waals surface area contributed by atoms with E-state index in [9.17, 15) is 9.59 Å². The smallest absolute Gasteiger partial charge is 0.413 e. The number of aromatic nitrogens is 1. The van der Waals surface area contributed by atoms with Crippen molar-refractivity contribution in [2.75, 3.05) is 12.4 Å². The summed E-state index contributed by atoms with van der Waals surface area (Å²) in [6, 6.07) is 4.92. The molecule has 2 rings (SSSR count). The molecule has 7 heteroatoms. The largest absolute Gasteiger partial charge is 0.472 e. The minimum absolute atomic E-state index is 0.0717. The molecule has 0 aliphatic carbocycles. The van der Waals surface area contributed by atoms with Gasteiger partial charge in [-0.2, -0.15) is 0 Å². The van der Waals surface area contributed by atoms with Crippen molar-refractivity contribution in [2.24, 2.45) is 0 Å². The molecule has 1 amide bonds. The molecule has 0 unspecified atom stereocenters. The van der Waals surface area contributed by atoms with E-state index >= 15 is 0 Å². The van der Waals surface area contributed by atoms with Crippen LogP contribution in [0.5, 0.6) is 0 Å². The fraction of sp³-hybridized carbons (Fsp3) is 0.312. The molecule has 0 radical (unpaired) electrons. The summed E-state index contributed by atoms with van der Waals surface area (Å²) in [5.74, 6) is -0.430. The number of hydrogen-bond acceptors (Lipinski definition) is 6. The summed E-state index contributed by atoms with van der Waals surface area (Å²) >= 11 is 0. The van der Waals surface area contributed by atoms with Gasteiger partial charge in [0.2, 0.25) is 0 Å². The molecule has 0 saturated heterocycles. The van der Waals surface area contributed by atoms with Crippen LogP contribution in [0.15, 0.2) is 35.1 Å². The summed E-state index contributed by atoms with van der Waals surface area (Å²) in [4.78, 5) is 27.9. The minimum atomic E-state index is -0.656. The second-order valence-electron chi connectivity index (χ2n) is 5.72. The number of furan rings is 1. The Kier molecular flexibility index (Phi) is 4.68. The van der Waals surface area contributed by atoms with Crippen molar-refractivity contribution >= 4 is 17.9 Å². The molecule has 0 bridgehead atoms. The molecule has 0 aromatic carbocycles. The van der Waals surface area contributed by atoms with E-state index in [1.165, 1.54) is 19.6 Å². The van der Waals surface area contributed by atoms with Crippen LogP contribution in [0.4, 0.5) is 10.6 Å².